The number of aromatic carboxylic acids is 1. The van der Waals surface area contributed by atoms with Crippen molar-refractivity contribution < 1.29 is 9.90 Å². The third-order valence-corrected chi connectivity index (χ3v) is 2.06. The van der Waals surface area contributed by atoms with Gasteiger partial charge in [-0.2, -0.15) is 0 Å². The van der Waals surface area contributed by atoms with Gasteiger partial charge in [0.2, 0.25) is 0 Å². The van der Waals surface area contributed by atoms with Crippen LogP contribution in [-0.2, 0) is 0 Å². The van der Waals surface area contributed by atoms with Gasteiger partial charge >= 0.3 is 5.97 Å². The number of carboxylic acids is 1. The second-order valence-corrected chi connectivity index (χ2v) is 3.38. The molecule has 0 radical (unpaired) electrons. The molecule has 0 bridgehead atoms. The minimum atomic E-state index is -0.930. The molecule has 0 aliphatic carbocycles. The Morgan fingerprint density at radius 2 is 2.08 bits per heavy atom. The molecule has 1 rings (SSSR count). The normalized spacial score (nSPS) is 9.77. The van der Waals surface area contributed by atoms with Crippen molar-refractivity contribution in [1.29, 1.82) is 0 Å². The molecule has 1 N–H and O–H groups in total. The van der Waals surface area contributed by atoms with Gasteiger partial charge < -0.3 is 10.0 Å². The fourth-order valence-corrected chi connectivity index (χ4v) is 1.45. The minimum Gasteiger partial charge on any atom is -0.478 e. The van der Waals surface area contributed by atoms with E-state index in [4.69, 9.17) is 5.11 Å². The van der Waals surface area contributed by atoms with E-state index in [1.165, 1.54) is 0 Å². The van der Waals surface area contributed by atoms with Gasteiger partial charge in [-0.15, -0.1) is 12.6 Å². The van der Waals surface area contributed by atoms with Crippen molar-refractivity contribution in [1.82, 2.24) is 0 Å². The topological polar surface area (TPSA) is 40.5 Å². The first-order valence-corrected chi connectivity index (χ1v) is 4.20. The predicted molar refractivity (Wildman–Crippen MR) is 55.0 cm³/mol. The van der Waals surface area contributed by atoms with Gasteiger partial charge in [-0.25, -0.2) is 4.79 Å². The molecule has 0 fully saturated rings. The Labute approximate surface area is 82.4 Å². The number of benzene rings is 1. The molecule has 4 heteroatoms. The van der Waals surface area contributed by atoms with Gasteiger partial charge in [0.25, 0.3) is 0 Å². The molecule has 1 aromatic rings. The van der Waals surface area contributed by atoms with E-state index in [0.29, 0.717) is 4.90 Å². The number of rotatable bonds is 2. The predicted octanol–water partition coefficient (Wildman–Crippen LogP) is 1.74. The first kappa shape index (κ1) is 9.92. The molecule has 13 heavy (non-hydrogen) atoms. The molecule has 0 aliphatic rings. The highest BCUT2D eigenvalue weighted by Gasteiger charge is 2.06. The number of carboxylic acid groups (broad SMARTS) is 1. The van der Waals surface area contributed by atoms with Crippen LogP contribution in [0.4, 0.5) is 5.69 Å². The van der Waals surface area contributed by atoms with Gasteiger partial charge in [0.1, 0.15) is 0 Å². The van der Waals surface area contributed by atoms with Gasteiger partial charge in [-0.05, 0) is 18.2 Å². The van der Waals surface area contributed by atoms with Gasteiger partial charge in [0, 0.05) is 24.7 Å². The molecule has 0 aliphatic heterocycles. The SMILES string of the molecule is CN(C)c1ccc(C(=O)O)cc1S. The van der Waals surface area contributed by atoms with E-state index in [0.717, 1.165) is 5.69 Å². The Kier molecular flexibility index (Phi) is 2.83. The van der Waals surface area contributed by atoms with Crippen LogP contribution in [0.5, 0.6) is 0 Å². The Morgan fingerprint density at radius 3 is 2.46 bits per heavy atom. The fraction of sp³-hybridized carbons (Fsp3) is 0.222. The van der Waals surface area contributed by atoms with Crippen molar-refractivity contribution in [2.24, 2.45) is 0 Å². The molecule has 70 valence electrons. The average molecular weight is 197 g/mol. The summed E-state index contributed by atoms with van der Waals surface area (Å²) in [5.41, 5.74) is 1.17. The van der Waals surface area contributed by atoms with Crippen molar-refractivity contribution in [2.45, 2.75) is 4.90 Å². The first-order valence-electron chi connectivity index (χ1n) is 3.76. The zero-order valence-electron chi connectivity index (χ0n) is 7.48. The highest BCUT2D eigenvalue weighted by molar-refractivity contribution is 7.80. The Bertz CT molecular complexity index is 336. The van der Waals surface area contributed by atoms with Crippen LogP contribution in [0.25, 0.3) is 0 Å². The van der Waals surface area contributed by atoms with Gasteiger partial charge in [0.05, 0.1) is 5.56 Å². The van der Waals surface area contributed by atoms with Crippen LogP contribution in [0.2, 0.25) is 0 Å². The summed E-state index contributed by atoms with van der Waals surface area (Å²) in [5, 5.41) is 8.69. The van der Waals surface area contributed by atoms with Crippen LogP contribution >= 0.6 is 12.6 Å². The van der Waals surface area contributed by atoms with Crippen LogP contribution in [0.1, 0.15) is 10.4 Å². The highest BCUT2D eigenvalue weighted by Crippen LogP contribution is 2.23. The lowest BCUT2D eigenvalue weighted by molar-refractivity contribution is 0.0696. The van der Waals surface area contributed by atoms with E-state index in [1.807, 2.05) is 19.0 Å². The largest absolute Gasteiger partial charge is 0.478 e. The van der Waals surface area contributed by atoms with Crippen molar-refractivity contribution in [2.75, 3.05) is 19.0 Å². The molecule has 0 aromatic heterocycles. The third kappa shape index (κ3) is 2.15. The lowest BCUT2D eigenvalue weighted by Gasteiger charge is -2.14. The standard InChI is InChI=1S/C9H11NO2S/c1-10(2)7-4-3-6(9(11)12)5-8(7)13/h3-5,13H,1-2H3,(H,11,12). The summed E-state index contributed by atoms with van der Waals surface area (Å²) >= 11 is 4.20. The first-order chi connectivity index (χ1) is 6.02. The number of anilines is 1. The third-order valence-electron chi connectivity index (χ3n) is 1.70. The summed E-state index contributed by atoms with van der Waals surface area (Å²) in [5.74, 6) is -0.930. The number of carbonyl (C=O) groups is 1. The van der Waals surface area contributed by atoms with Crippen LogP contribution in [0, 0.1) is 0 Å². The number of nitrogens with zero attached hydrogens (tertiary/aromatic N) is 1. The molecule has 0 spiro atoms. The molecule has 0 heterocycles. The van der Waals surface area contributed by atoms with Gasteiger partial charge in [-0.1, -0.05) is 0 Å². The van der Waals surface area contributed by atoms with E-state index >= 15 is 0 Å². The summed E-state index contributed by atoms with van der Waals surface area (Å²) in [4.78, 5) is 13.1. The van der Waals surface area contributed by atoms with E-state index in [1.54, 1.807) is 18.2 Å². The minimum absolute atomic E-state index is 0.260. The van der Waals surface area contributed by atoms with E-state index < -0.39 is 5.97 Å². The van der Waals surface area contributed by atoms with Crippen LogP contribution < -0.4 is 4.90 Å². The second-order valence-electron chi connectivity index (χ2n) is 2.90. The van der Waals surface area contributed by atoms with Crippen LogP contribution in [-0.4, -0.2) is 25.2 Å². The number of thiol groups is 1. The monoisotopic (exact) mass is 197 g/mol. The van der Waals surface area contributed by atoms with Crippen molar-refractivity contribution in [3.63, 3.8) is 0 Å². The van der Waals surface area contributed by atoms with Crippen molar-refractivity contribution >= 4 is 24.3 Å². The molecule has 0 atom stereocenters. The maximum atomic E-state index is 10.6. The van der Waals surface area contributed by atoms with E-state index in [2.05, 4.69) is 12.6 Å². The zero-order chi connectivity index (χ0) is 10.0. The van der Waals surface area contributed by atoms with E-state index in [9.17, 15) is 4.79 Å². The molecule has 0 amide bonds. The summed E-state index contributed by atoms with van der Waals surface area (Å²) in [6, 6.07) is 4.85. The maximum Gasteiger partial charge on any atom is 0.335 e. The molecule has 3 nitrogen and oxygen atoms in total. The van der Waals surface area contributed by atoms with Crippen LogP contribution in [0.3, 0.4) is 0 Å². The summed E-state index contributed by atoms with van der Waals surface area (Å²) in [6.07, 6.45) is 0. The summed E-state index contributed by atoms with van der Waals surface area (Å²) in [7, 11) is 3.77. The second kappa shape index (κ2) is 3.70. The summed E-state index contributed by atoms with van der Waals surface area (Å²) < 4.78 is 0. The Morgan fingerprint density at radius 1 is 1.46 bits per heavy atom. The maximum absolute atomic E-state index is 10.6. The molecule has 0 unspecified atom stereocenters. The van der Waals surface area contributed by atoms with Gasteiger partial charge in [-0.3, -0.25) is 0 Å². The Hall–Kier alpha value is -1.16. The zero-order valence-corrected chi connectivity index (χ0v) is 8.38. The highest BCUT2D eigenvalue weighted by atomic mass is 32.1. The molecule has 0 saturated carbocycles. The van der Waals surface area contributed by atoms with E-state index in [-0.39, 0.29) is 5.56 Å². The Balaban J connectivity index is 3.13. The number of hydrogen-bond acceptors (Lipinski definition) is 3. The fourth-order valence-electron chi connectivity index (χ4n) is 1.03. The smallest absolute Gasteiger partial charge is 0.335 e. The van der Waals surface area contributed by atoms with Crippen molar-refractivity contribution in [3.05, 3.63) is 23.8 Å². The molecular formula is C9H11NO2S. The molecule has 0 saturated heterocycles. The lowest BCUT2D eigenvalue weighted by atomic mass is 10.2. The number of hydrogen-bond donors (Lipinski definition) is 2. The van der Waals surface area contributed by atoms with Crippen molar-refractivity contribution in [3.8, 4) is 0 Å². The molecule has 1 aromatic carbocycles. The average Bonchev–Trinajstić information content (AvgIpc) is 2.03. The lowest BCUT2D eigenvalue weighted by Crippen LogP contribution is -2.10. The quantitative estimate of drug-likeness (QED) is 0.709. The van der Waals surface area contributed by atoms with Crippen LogP contribution in [0.15, 0.2) is 23.1 Å². The summed E-state index contributed by atoms with van der Waals surface area (Å²) in [6.45, 7) is 0. The molecular weight excluding hydrogens is 186 g/mol. The van der Waals surface area contributed by atoms with Gasteiger partial charge in [0.15, 0.2) is 0 Å².